The number of ether oxygens (including phenoxy) is 2. The van der Waals surface area contributed by atoms with Crippen LogP contribution >= 0.6 is 0 Å². The molecule has 0 aromatic heterocycles. The van der Waals surface area contributed by atoms with Crippen LogP contribution < -0.4 is 9.47 Å². The molecule has 0 heterocycles. The van der Waals surface area contributed by atoms with Crippen molar-refractivity contribution in [1.82, 2.24) is 0 Å². The Hall–Kier alpha value is -4.64. The standard InChI is InChI=1S/C57H56O3Si/c1-5-60-61(3,4)19-13-7-6-12-18-59-57-53-28-47-45-24-44(42-22-38-34-20-35(39(38)23-43(42)45)31-15-9-8-14-30(31)34)46(47)27-52(53)56(58-2)54-50-29-51(55(54)57)49-26-41-37-21-36(40(41)25-48(49)50)32-16-10-11-17-33(32)37/h8-11,14-17,22-23,25-28,34-37,44-45,50-51H,5-7,12-13,18-21,24,29H2,1-4H3. The highest BCUT2D eigenvalue weighted by molar-refractivity contribution is 6.71. The van der Waals surface area contributed by atoms with Crippen molar-refractivity contribution >= 4 is 19.1 Å². The van der Waals surface area contributed by atoms with Gasteiger partial charge in [-0.3, -0.25) is 0 Å². The average Bonchev–Trinajstić information content (AvgIpc) is 4.16. The molecule has 306 valence electrons. The molecule has 8 aliphatic rings. The normalized spacial score (nSPS) is 26.3. The van der Waals surface area contributed by atoms with Gasteiger partial charge in [0.25, 0.3) is 0 Å². The summed E-state index contributed by atoms with van der Waals surface area (Å²) in [5, 5.41) is 2.55. The summed E-state index contributed by atoms with van der Waals surface area (Å²) >= 11 is 0. The first-order chi connectivity index (χ1) is 29.9. The highest BCUT2D eigenvalue weighted by Crippen LogP contribution is 2.68. The highest BCUT2D eigenvalue weighted by Gasteiger charge is 2.51. The van der Waals surface area contributed by atoms with E-state index in [2.05, 4.69) is 105 Å². The molecule has 0 spiro atoms. The first kappa shape index (κ1) is 35.9. The summed E-state index contributed by atoms with van der Waals surface area (Å²) in [6, 6.07) is 35.6. The van der Waals surface area contributed by atoms with E-state index in [1.807, 2.05) is 7.11 Å². The van der Waals surface area contributed by atoms with Gasteiger partial charge in [0.2, 0.25) is 0 Å². The fraction of sp³-hybridized carbons (Fsp3) is 0.404. The fourth-order valence-corrected chi connectivity index (χ4v) is 17.2. The van der Waals surface area contributed by atoms with E-state index in [4.69, 9.17) is 13.9 Å². The van der Waals surface area contributed by atoms with E-state index in [9.17, 15) is 0 Å². The molecular weight excluding hydrogens is 761 g/mol. The molecule has 6 aromatic rings. The second-order valence-corrected chi connectivity index (χ2v) is 25.1. The van der Waals surface area contributed by atoms with Gasteiger partial charge in [-0.15, -0.1) is 0 Å². The first-order valence-corrected chi connectivity index (χ1v) is 27.0. The van der Waals surface area contributed by atoms with Gasteiger partial charge in [0.1, 0.15) is 11.5 Å². The second kappa shape index (κ2) is 12.7. The molecule has 0 N–H and O–H groups in total. The Morgan fingerprint density at radius 1 is 0.459 bits per heavy atom. The van der Waals surface area contributed by atoms with Crippen LogP contribution in [0.3, 0.4) is 0 Å². The van der Waals surface area contributed by atoms with Crippen LogP contribution in [-0.2, 0) is 4.43 Å². The maximum absolute atomic E-state index is 7.27. The van der Waals surface area contributed by atoms with Gasteiger partial charge in [0.05, 0.1) is 13.7 Å². The third kappa shape index (κ3) is 4.74. The largest absolute Gasteiger partial charge is 0.496 e. The molecule has 8 aliphatic carbocycles. The lowest BCUT2D eigenvalue weighted by atomic mass is 9.76. The Kier molecular flexibility index (Phi) is 7.49. The number of unbranched alkanes of at least 4 members (excludes halogenated alkanes) is 3. The van der Waals surface area contributed by atoms with Crippen LogP contribution in [0.2, 0.25) is 19.1 Å². The molecule has 0 amide bonds. The van der Waals surface area contributed by atoms with Gasteiger partial charge in [0.15, 0.2) is 8.32 Å². The van der Waals surface area contributed by atoms with E-state index in [1.54, 1.807) is 66.8 Å². The Bertz CT molecular complexity index is 2900. The predicted octanol–water partition coefficient (Wildman–Crippen LogP) is 14.0. The van der Waals surface area contributed by atoms with Crippen molar-refractivity contribution in [3.8, 4) is 11.5 Å². The molecule has 3 nitrogen and oxygen atoms in total. The third-order valence-electron chi connectivity index (χ3n) is 17.6. The zero-order chi connectivity index (χ0) is 40.5. The number of benzene rings is 6. The summed E-state index contributed by atoms with van der Waals surface area (Å²) in [6.45, 7) is 8.48. The Morgan fingerprint density at radius 3 is 1.30 bits per heavy atom. The molecule has 0 radical (unpaired) electrons. The van der Waals surface area contributed by atoms with Crippen molar-refractivity contribution in [3.63, 3.8) is 0 Å². The van der Waals surface area contributed by atoms with Crippen molar-refractivity contribution in [2.45, 2.75) is 125 Å². The van der Waals surface area contributed by atoms with E-state index in [1.165, 1.54) is 77.6 Å². The molecule has 8 bridgehead atoms. The lowest BCUT2D eigenvalue weighted by Crippen LogP contribution is -2.29. The summed E-state index contributed by atoms with van der Waals surface area (Å²) in [4.78, 5) is 0. The van der Waals surface area contributed by atoms with Gasteiger partial charge in [0, 0.05) is 75.8 Å². The van der Waals surface area contributed by atoms with Crippen molar-refractivity contribution in [2.75, 3.05) is 20.3 Å². The highest BCUT2D eigenvalue weighted by atomic mass is 28.4. The van der Waals surface area contributed by atoms with Crippen molar-refractivity contribution in [2.24, 2.45) is 0 Å². The minimum Gasteiger partial charge on any atom is -0.496 e. The molecule has 61 heavy (non-hydrogen) atoms. The predicted molar refractivity (Wildman–Crippen MR) is 247 cm³/mol. The van der Waals surface area contributed by atoms with E-state index in [0.717, 1.165) is 37.6 Å². The molecule has 4 heteroatoms. The molecule has 0 fully saturated rings. The van der Waals surface area contributed by atoms with Crippen LogP contribution in [0.15, 0.2) is 84.9 Å². The smallest absolute Gasteiger partial charge is 0.186 e. The van der Waals surface area contributed by atoms with Gasteiger partial charge in [-0.05, 0) is 148 Å². The first-order valence-electron chi connectivity index (χ1n) is 23.9. The topological polar surface area (TPSA) is 27.7 Å². The number of rotatable bonds is 11. The molecule has 14 rings (SSSR count). The van der Waals surface area contributed by atoms with Crippen LogP contribution in [0.4, 0.5) is 0 Å². The van der Waals surface area contributed by atoms with Gasteiger partial charge in [-0.1, -0.05) is 92.1 Å². The summed E-state index contributed by atoms with van der Waals surface area (Å²) in [7, 11) is 0.388. The van der Waals surface area contributed by atoms with Gasteiger partial charge < -0.3 is 13.9 Å². The van der Waals surface area contributed by atoms with E-state index < -0.39 is 8.32 Å². The van der Waals surface area contributed by atoms with Crippen LogP contribution in [-0.4, -0.2) is 28.6 Å². The zero-order valence-electron chi connectivity index (χ0n) is 36.2. The monoisotopic (exact) mass is 816 g/mol. The quantitative estimate of drug-likeness (QED) is 0.0963. The summed E-state index contributed by atoms with van der Waals surface area (Å²) < 4.78 is 20.1. The molecule has 0 saturated heterocycles. The fourth-order valence-electron chi connectivity index (χ4n) is 15.2. The second-order valence-electron chi connectivity index (χ2n) is 20.8. The van der Waals surface area contributed by atoms with Gasteiger partial charge in [-0.2, -0.15) is 0 Å². The number of methoxy groups -OCH3 is 1. The summed E-state index contributed by atoms with van der Waals surface area (Å²) in [5.41, 5.74) is 24.9. The van der Waals surface area contributed by atoms with Crippen LogP contribution in [0, 0.1) is 0 Å². The Balaban J connectivity index is 0.859. The van der Waals surface area contributed by atoms with Crippen LogP contribution in [0.1, 0.15) is 195 Å². The minimum atomic E-state index is -1.54. The number of hydrogen-bond acceptors (Lipinski definition) is 3. The molecular formula is C57H56O3Si. The van der Waals surface area contributed by atoms with Crippen molar-refractivity contribution in [1.29, 1.82) is 0 Å². The number of fused-ring (bicyclic) bond motifs is 33. The molecule has 0 saturated carbocycles. The lowest BCUT2D eigenvalue weighted by molar-refractivity contribution is 0.303. The van der Waals surface area contributed by atoms with E-state index in [0.29, 0.717) is 47.3 Å². The maximum atomic E-state index is 7.27. The van der Waals surface area contributed by atoms with E-state index >= 15 is 0 Å². The Labute approximate surface area is 362 Å². The van der Waals surface area contributed by atoms with Gasteiger partial charge >= 0.3 is 0 Å². The Morgan fingerprint density at radius 2 is 0.836 bits per heavy atom. The van der Waals surface area contributed by atoms with Gasteiger partial charge in [-0.25, -0.2) is 0 Å². The zero-order valence-corrected chi connectivity index (χ0v) is 37.2. The van der Waals surface area contributed by atoms with E-state index in [-0.39, 0.29) is 0 Å². The number of hydrogen-bond donors (Lipinski definition) is 0. The molecule has 6 aromatic carbocycles. The van der Waals surface area contributed by atoms with Crippen LogP contribution in [0.5, 0.6) is 11.5 Å². The lowest BCUT2D eigenvalue weighted by Gasteiger charge is -2.30. The third-order valence-corrected chi connectivity index (χ3v) is 20.2. The van der Waals surface area contributed by atoms with Crippen molar-refractivity contribution in [3.05, 3.63) is 174 Å². The maximum Gasteiger partial charge on any atom is 0.186 e. The summed E-state index contributed by atoms with van der Waals surface area (Å²) in [6.07, 6.45) is 9.59. The SMILES string of the molecule is CCO[Si](C)(C)CCCCCCOc1c2c(c(OC)c3cc4c(cc13)C1CC4c3cc4c(cc31)C1CC4c3ccccc31)C1CC2c2cc3c(cc21)C1CC3c2ccccc21. The molecule has 0 aliphatic heterocycles. The minimum absolute atomic E-state index is 0.347. The molecule has 8 atom stereocenters. The molecule has 8 unspecified atom stereocenters. The average molecular weight is 817 g/mol. The van der Waals surface area contributed by atoms with Crippen molar-refractivity contribution < 1.29 is 13.9 Å². The van der Waals surface area contributed by atoms with Crippen LogP contribution in [0.25, 0.3) is 10.8 Å². The summed E-state index contributed by atoms with van der Waals surface area (Å²) in [5.74, 6) is 6.07.